The van der Waals surface area contributed by atoms with E-state index in [2.05, 4.69) is 25.5 Å². The van der Waals surface area contributed by atoms with Crippen molar-refractivity contribution in [2.45, 2.75) is 0 Å². The number of ether oxygens (including phenoxy) is 1. The van der Waals surface area contributed by atoms with E-state index in [-0.39, 0.29) is 5.56 Å². The number of nitrogens with zero attached hydrogens (tertiary/aromatic N) is 4. The largest absolute Gasteiger partial charge is 0.457 e. The van der Waals surface area contributed by atoms with Crippen LogP contribution in [0.2, 0.25) is 0 Å². The maximum atomic E-state index is 13.4. The number of hydrogen-bond donors (Lipinski definition) is 2. The van der Waals surface area contributed by atoms with Crippen molar-refractivity contribution in [2.24, 2.45) is 7.05 Å². The summed E-state index contributed by atoms with van der Waals surface area (Å²) in [6, 6.07) is 16.3. The number of nitrogens with one attached hydrogen (secondary N) is 2. The standard InChI is InChI=1S/C31H27FN6O3/c1-37-18-25(20-2-4-21(32)5-3-20)30(39)26(19-37)31(40)36-22-6-8-23(9-7-22)41-28-10-11-34-27-17-35-29(16-24(27)28)38-14-12-33-13-15-38/h2-11,16-19,33H,12-15H2,1H3,(H,36,40). The highest BCUT2D eigenvalue weighted by atomic mass is 19.1. The Kier molecular flexibility index (Phi) is 7.13. The Morgan fingerprint density at radius 1 is 1.00 bits per heavy atom. The third-order valence-corrected chi connectivity index (χ3v) is 6.91. The van der Waals surface area contributed by atoms with E-state index in [1.165, 1.54) is 30.5 Å². The molecule has 0 radical (unpaired) electrons. The van der Waals surface area contributed by atoms with Gasteiger partial charge in [-0.1, -0.05) is 12.1 Å². The summed E-state index contributed by atoms with van der Waals surface area (Å²) < 4.78 is 21.2. The van der Waals surface area contributed by atoms with Gasteiger partial charge < -0.3 is 24.8 Å². The first kappa shape index (κ1) is 26.1. The summed E-state index contributed by atoms with van der Waals surface area (Å²) in [6.45, 7) is 3.58. The van der Waals surface area contributed by atoms with Crippen molar-refractivity contribution in [3.05, 3.63) is 107 Å². The van der Waals surface area contributed by atoms with Crippen LogP contribution < -0.4 is 25.7 Å². The van der Waals surface area contributed by atoms with E-state index < -0.39 is 17.2 Å². The minimum absolute atomic E-state index is 0.0215. The fourth-order valence-corrected chi connectivity index (χ4v) is 4.80. The van der Waals surface area contributed by atoms with Crippen LogP contribution in [0.4, 0.5) is 15.9 Å². The van der Waals surface area contributed by atoms with Gasteiger partial charge in [-0.25, -0.2) is 9.37 Å². The molecule has 0 saturated carbocycles. The predicted molar refractivity (Wildman–Crippen MR) is 156 cm³/mol. The van der Waals surface area contributed by atoms with Gasteiger partial charge in [0.1, 0.15) is 28.7 Å². The minimum Gasteiger partial charge on any atom is -0.457 e. The number of aryl methyl sites for hydroxylation is 1. The number of amides is 1. The van der Waals surface area contributed by atoms with Crippen molar-refractivity contribution in [3.8, 4) is 22.6 Å². The third-order valence-electron chi connectivity index (χ3n) is 6.91. The normalized spacial score (nSPS) is 13.3. The van der Waals surface area contributed by atoms with Gasteiger partial charge in [0.2, 0.25) is 5.43 Å². The minimum atomic E-state index is -0.545. The van der Waals surface area contributed by atoms with Crippen molar-refractivity contribution in [1.82, 2.24) is 19.9 Å². The lowest BCUT2D eigenvalue weighted by Crippen LogP contribution is -2.43. The van der Waals surface area contributed by atoms with Crippen molar-refractivity contribution in [1.29, 1.82) is 0 Å². The van der Waals surface area contributed by atoms with Gasteiger partial charge in [0.05, 0.1) is 11.7 Å². The molecule has 0 bridgehead atoms. The summed E-state index contributed by atoms with van der Waals surface area (Å²) >= 11 is 0. The highest BCUT2D eigenvalue weighted by Gasteiger charge is 2.17. The maximum absolute atomic E-state index is 13.4. The van der Waals surface area contributed by atoms with Crippen LogP contribution in [-0.4, -0.2) is 46.6 Å². The fourth-order valence-electron chi connectivity index (χ4n) is 4.80. The average molecular weight is 551 g/mol. The van der Waals surface area contributed by atoms with E-state index in [9.17, 15) is 14.0 Å². The van der Waals surface area contributed by atoms with Crippen molar-refractivity contribution in [3.63, 3.8) is 0 Å². The molecule has 1 aliphatic heterocycles. The van der Waals surface area contributed by atoms with Gasteiger partial charge in [0.15, 0.2) is 0 Å². The molecular weight excluding hydrogens is 523 g/mol. The van der Waals surface area contributed by atoms with Crippen LogP contribution in [0.5, 0.6) is 11.5 Å². The number of fused-ring (bicyclic) bond motifs is 1. The summed E-state index contributed by atoms with van der Waals surface area (Å²) in [5.41, 5.74) is 1.61. The molecule has 1 amide bonds. The number of halogens is 1. The summed E-state index contributed by atoms with van der Waals surface area (Å²) in [4.78, 5) is 37.4. The van der Waals surface area contributed by atoms with E-state index in [0.29, 0.717) is 28.3 Å². The number of rotatable bonds is 6. The Morgan fingerprint density at radius 3 is 2.51 bits per heavy atom. The zero-order chi connectivity index (χ0) is 28.3. The van der Waals surface area contributed by atoms with E-state index in [0.717, 1.165) is 42.9 Å². The maximum Gasteiger partial charge on any atom is 0.261 e. The lowest BCUT2D eigenvalue weighted by atomic mass is 10.0. The molecule has 2 aromatic carbocycles. The number of pyridine rings is 3. The number of piperazine rings is 1. The molecule has 6 rings (SSSR count). The highest BCUT2D eigenvalue weighted by molar-refractivity contribution is 6.04. The number of hydrogen-bond acceptors (Lipinski definition) is 7. The Labute approximate surface area is 235 Å². The van der Waals surface area contributed by atoms with Crippen LogP contribution in [0.15, 0.2) is 90.2 Å². The fraction of sp³-hybridized carbons (Fsp3) is 0.161. The second-order valence-corrected chi connectivity index (χ2v) is 9.77. The Hall–Kier alpha value is -5.09. The van der Waals surface area contributed by atoms with Gasteiger partial charge in [-0.3, -0.25) is 14.6 Å². The highest BCUT2D eigenvalue weighted by Crippen LogP contribution is 2.31. The SMILES string of the molecule is Cn1cc(C(=O)Nc2ccc(Oc3ccnc4cnc(N5CCNCC5)cc34)cc2)c(=O)c(-c2ccc(F)cc2)c1. The van der Waals surface area contributed by atoms with Crippen LogP contribution in [0.25, 0.3) is 22.0 Å². The molecule has 0 spiro atoms. The van der Waals surface area contributed by atoms with Crippen molar-refractivity contribution < 1.29 is 13.9 Å². The molecule has 9 nitrogen and oxygen atoms in total. The summed E-state index contributed by atoms with van der Waals surface area (Å²) in [5.74, 6) is 1.15. The summed E-state index contributed by atoms with van der Waals surface area (Å²) in [7, 11) is 1.72. The Morgan fingerprint density at radius 2 is 1.76 bits per heavy atom. The molecular formula is C31H27FN6O3. The summed E-state index contributed by atoms with van der Waals surface area (Å²) in [5, 5.41) is 6.98. The molecule has 5 aromatic rings. The molecule has 1 saturated heterocycles. The lowest BCUT2D eigenvalue weighted by Gasteiger charge is -2.28. The van der Waals surface area contributed by atoms with Crippen LogP contribution in [0, 0.1) is 5.82 Å². The van der Waals surface area contributed by atoms with Gasteiger partial charge in [0, 0.05) is 68.5 Å². The van der Waals surface area contributed by atoms with Gasteiger partial charge in [0.25, 0.3) is 5.91 Å². The number of carbonyl (C=O) groups is 1. The van der Waals surface area contributed by atoms with Crippen LogP contribution >= 0.6 is 0 Å². The number of carbonyl (C=O) groups excluding carboxylic acids is 1. The van der Waals surface area contributed by atoms with Gasteiger partial charge in [-0.05, 0) is 54.1 Å². The lowest BCUT2D eigenvalue weighted by molar-refractivity contribution is 0.102. The number of benzene rings is 2. The smallest absolute Gasteiger partial charge is 0.261 e. The molecule has 0 aliphatic carbocycles. The molecule has 0 atom stereocenters. The quantitative estimate of drug-likeness (QED) is 0.319. The Bertz CT molecular complexity index is 1780. The van der Waals surface area contributed by atoms with Crippen LogP contribution in [-0.2, 0) is 7.05 Å². The number of anilines is 2. The first-order valence-electron chi connectivity index (χ1n) is 13.2. The van der Waals surface area contributed by atoms with Crippen molar-refractivity contribution >= 4 is 28.3 Å². The van der Waals surface area contributed by atoms with Crippen LogP contribution in [0.1, 0.15) is 10.4 Å². The molecule has 3 aromatic heterocycles. The monoisotopic (exact) mass is 550 g/mol. The van der Waals surface area contributed by atoms with Gasteiger partial charge in [-0.2, -0.15) is 0 Å². The summed E-state index contributed by atoms with van der Waals surface area (Å²) in [6.07, 6.45) is 6.52. The molecule has 4 heterocycles. The van der Waals surface area contributed by atoms with Crippen molar-refractivity contribution in [2.75, 3.05) is 36.4 Å². The second-order valence-electron chi connectivity index (χ2n) is 9.77. The Balaban J connectivity index is 1.20. The third kappa shape index (κ3) is 5.64. The second kappa shape index (κ2) is 11.2. The van der Waals surface area contributed by atoms with E-state index in [1.807, 2.05) is 12.1 Å². The topological polar surface area (TPSA) is 101 Å². The van der Waals surface area contributed by atoms with E-state index >= 15 is 0 Å². The number of aromatic nitrogens is 3. The first-order chi connectivity index (χ1) is 19.9. The molecule has 10 heteroatoms. The molecule has 41 heavy (non-hydrogen) atoms. The van der Waals surface area contributed by atoms with Gasteiger partial charge >= 0.3 is 0 Å². The van der Waals surface area contributed by atoms with Crippen LogP contribution in [0.3, 0.4) is 0 Å². The van der Waals surface area contributed by atoms with E-state index in [1.54, 1.807) is 54.5 Å². The molecule has 1 aliphatic rings. The molecule has 1 fully saturated rings. The van der Waals surface area contributed by atoms with Gasteiger partial charge in [-0.15, -0.1) is 0 Å². The average Bonchev–Trinajstić information content (AvgIpc) is 3.00. The van der Waals surface area contributed by atoms with E-state index in [4.69, 9.17) is 4.74 Å². The molecule has 2 N–H and O–H groups in total. The zero-order valence-electron chi connectivity index (χ0n) is 22.3. The first-order valence-corrected chi connectivity index (χ1v) is 13.2. The zero-order valence-corrected chi connectivity index (χ0v) is 22.3. The predicted octanol–water partition coefficient (Wildman–Crippen LogP) is 4.59. The molecule has 206 valence electrons. The molecule has 0 unspecified atom stereocenters.